The van der Waals surface area contributed by atoms with Gasteiger partial charge in [-0.3, -0.25) is 0 Å². The van der Waals surface area contributed by atoms with E-state index in [1.807, 2.05) is 0 Å². The molecule has 6 heteroatoms. The van der Waals surface area contributed by atoms with Gasteiger partial charge < -0.3 is 5.32 Å². The third-order valence-corrected chi connectivity index (χ3v) is 2.34. The van der Waals surface area contributed by atoms with E-state index in [0.717, 1.165) is 18.5 Å². The average molecular weight is 235 g/mol. The number of nitrogens with zero attached hydrogens (tertiary/aromatic N) is 4. The minimum absolute atomic E-state index is 0.203. The molecule has 0 bridgehead atoms. The summed E-state index contributed by atoms with van der Waals surface area (Å²) in [6.07, 6.45) is 0.848. The first kappa shape index (κ1) is 11.7. The molecule has 0 fully saturated rings. The fraction of sp³-hybridized carbons (Fsp3) is 0.364. The Morgan fingerprint density at radius 1 is 1.29 bits per heavy atom. The Bertz CT molecular complexity index is 465. The van der Waals surface area contributed by atoms with Gasteiger partial charge in [-0.1, -0.05) is 12.1 Å². The number of benzene rings is 1. The van der Waals surface area contributed by atoms with E-state index in [0.29, 0.717) is 12.4 Å². The summed E-state index contributed by atoms with van der Waals surface area (Å²) in [7, 11) is 1.73. The zero-order valence-electron chi connectivity index (χ0n) is 9.60. The van der Waals surface area contributed by atoms with Gasteiger partial charge in [-0.2, -0.15) is 4.80 Å². The van der Waals surface area contributed by atoms with E-state index >= 15 is 0 Å². The van der Waals surface area contributed by atoms with Gasteiger partial charge in [-0.15, -0.1) is 10.2 Å². The molecular weight excluding hydrogens is 221 g/mol. The second kappa shape index (κ2) is 5.49. The maximum atomic E-state index is 12.7. The predicted octanol–water partition coefficient (Wildman–Crippen LogP) is 0.681. The Hall–Kier alpha value is -1.82. The minimum atomic E-state index is -0.203. The first-order chi connectivity index (χ1) is 8.24. The molecule has 5 nitrogen and oxygen atoms in total. The molecule has 0 spiro atoms. The highest BCUT2D eigenvalue weighted by molar-refractivity contribution is 5.16. The number of hydrogen-bond acceptors (Lipinski definition) is 4. The normalized spacial score (nSPS) is 10.7. The number of rotatable bonds is 5. The number of tetrazole rings is 1. The molecule has 0 aliphatic heterocycles. The predicted molar refractivity (Wildman–Crippen MR) is 60.6 cm³/mol. The average Bonchev–Trinajstić information content (AvgIpc) is 2.73. The molecule has 0 radical (unpaired) electrons. The van der Waals surface area contributed by atoms with Crippen molar-refractivity contribution in [2.45, 2.75) is 13.0 Å². The van der Waals surface area contributed by atoms with Crippen LogP contribution in [-0.4, -0.2) is 26.8 Å². The van der Waals surface area contributed by atoms with E-state index in [-0.39, 0.29) is 5.82 Å². The van der Waals surface area contributed by atoms with Gasteiger partial charge in [0, 0.05) is 0 Å². The van der Waals surface area contributed by atoms with Crippen molar-refractivity contribution in [3.8, 4) is 0 Å². The van der Waals surface area contributed by atoms with Crippen LogP contribution in [0.3, 0.4) is 0 Å². The van der Waals surface area contributed by atoms with Crippen LogP contribution in [0.2, 0.25) is 0 Å². The summed E-state index contributed by atoms with van der Waals surface area (Å²) < 4.78 is 12.7. The van der Waals surface area contributed by atoms with Crippen LogP contribution >= 0.6 is 0 Å². The Labute approximate surface area is 98.6 Å². The van der Waals surface area contributed by atoms with Crippen LogP contribution in [0.4, 0.5) is 4.39 Å². The second-order valence-corrected chi connectivity index (χ2v) is 3.75. The number of aryl methyl sites for hydroxylation is 1. The van der Waals surface area contributed by atoms with Crippen molar-refractivity contribution in [1.82, 2.24) is 25.5 Å². The van der Waals surface area contributed by atoms with Gasteiger partial charge in [-0.05, 0) is 35.9 Å². The Morgan fingerprint density at radius 3 is 2.71 bits per heavy atom. The third-order valence-electron chi connectivity index (χ3n) is 2.34. The van der Waals surface area contributed by atoms with Crippen LogP contribution in [0.25, 0.3) is 0 Å². The molecule has 0 atom stereocenters. The van der Waals surface area contributed by atoms with Gasteiger partial charge in [0.1, 0.15) is 5.82 Å². The lowest BCUT2D eigenvalue weighted by Crippen LogP contribution is -2.17. The van der Waals surface area contributed by atoms with Gasteiger partial charge in [0.2, 0.25) is 0 Å². The van der Waals surface area contributed by atoms with Crippen LogP contribution in [0.15, 0.2) is 24.3 Å². The van der Waals surface area contributed by atoms with E-state index in [1.165, 1.54) is 16.9 Å². The van der Waals surface area contributed by atoms with Gasteiger partial charge in [0.15, 0.2) is 5.82 Å². The lowest BCUT2D eigenvalue weighted by atomic mass is 10.1. The summed E-state index contributed by atoms with van der Waals surface area (Å²) in [5.74, 6) is 0.470. The van der Waals surface area contributed by atoms with Crippen molar-refractivity contribution in [3.63, 3.8) is 0 Å². The number of halogens is 1. The zero-order chi connectivity index (χ0) is 12.1. The molecule has 1 aromatic heterocycles. The minimum Gasteiger partial charge on any atom is -0.309 e. The third kappa shape index (κ3) is 3.60. The van der Waals surface area contributed by atoms with Crippen molar-refractivity contribution < 1.29 is 4.39 Å². The van der Waals surface area contributed by atoms with E-state index in [2.05, 4.69) is 20.7 Å². The SMILES string of the molecule is Cn1nnc(CNCCc2ccc(F)cc2)n1. The van der Waals surface area contributed by atoms with Gasteiger partial charge in [0.05, 0.1) is 13.6 Å². The maximum absolute atomic E-state index is 12.7. The summed E-state index contributed by atoms with van der Waals surface area (Å²) in [6.45, 7) is 1.39. The smallest absolute Gasteiger partial charge is 0.188 e. The first-order valence-corrected chi connectivity index (χ1v) is 5.42. The molecule has 2 rings (SSSR count). The van der Waals surface area contributed by atoms with E-state index in [1.54, 1.807) is 19.2 Å². The van der Waals surface area contributed by atoms with Gasteiger partial charge >= 0.3 is 0 Å². The Kier molecular flexibility index (Phi) is 3.77. The molecule has 0 aliphatic carbocycles. The zero-order valence-corrected chi connectivity index (χ0v) is 9.60. The molecular formula is C11H14FN5. The standard InChI is InChI=1S/C11H14FN5/c1-17-15-11(14-16-17)8-13-7-6-9-2-4-10(12)5-3-9/h2-5,13H,6-8H2,1H3. The van der Waals surface area contributed by atoms with Crippen LogP contribution in [0.5, 0.6) is 0 Å². The van der Waals surface area contributed by atoms with Crippen LogP contribution < -0.4 is 5.32 Å². The molecule has 1 aromatic carbocycles. The second-order valence-electron chi connectivity index (χ2n) is 3.75. The molecule has 0 saturated heterocycles. The van der Waals surface area contributed by atoms with Crippen LogP contribution in [0.1, 0.15) is 11.4 Å². The quantitative estimate of drug-likeness (QED) is 0.774. The van der Waals surface area contributed by atoms with Crippen molar-refractivity contribution in [2.75, 3.05) is 6.54 Å². The topological polar surface area (TPSA) is 55.6 Å². The molecule has 0 amide bonds. The molecule has 0 unspecified atom stereocenters. The molecule has 0 saturated carbocycles. The monoisotopic (exact) mass is 235 g/mol. The largest absolute Gasteiger partial charge is 0.309 e. The summed E-state index contributed by atoms with van der Waals surface area (Å²) in [6, 6.07) is 6.52. The number of hydrogen-bond donors (Lipinski definition) is 1. The van der Waals surface area contributed by atoms with E-state index in [9.17, 15) is 4.39 Å². The highest BCUT2D eigenvalue weighted by atomic mass is 19.1. The van der Waals surface area contributed by atoms with Crippen molar-refractivity contribution >= 4 is 0 Å². The summed E-state index contributed by atoms with van der Waals surface area (Å²) >= 11 is 0. The van der Waals surface area contributed by atoms with Gasteiger partial charge in [-0.25, -0.2) is 4.39 Å². The summed E-state index contributed by atoms with van der Waals surface area (Å²) in [5, 5.41) is 14.9. The summed E-state index contributed by atoms with van der Waals surface area (Å²) in [5.41, 5.74) is 1.10. The lowest BCUT2D eigenvalue weighted by Gasteiger charge is -2.02. The molecule has 90 valence electrons. The lowest BCUT2D eigenvalue weighted by molar-refractivity contribution is 0.618. The van der Waals surface area contributed by atoms with E-state index in [4.69, 9.17) is 0 Å². The first-order valence-electron chi connectivity index (χ1n) is 5.42. The molecule has 17 heavy (non-hydrogen) atoms. The molecule has 2 aromatic rings. The Balaban J connectivity index is 1.71. The fourth-order valence-electron chi connectivity index (χ4n) is 1.48. The fourth-order valence-corrected chi connectivity index (χ4v) is 1.48. The van der Waals surface area contributed by atoms with Crippen LogP contribution in [0, 0.1) is 5.82 Å². The number of nitrogens with one attached hydrogen (secondary N) is 1. The highest BCUT2D eigenvalue weighted by Gasteiger charge is 1.99. The van der Waals surface area contributed by atoms with Crippen molar-refractivity contribution in [3.05, 3.63) is 41.5 Å². The van der Waals surface area contributed by atoms with Crippen molar-refractivity contribution in [1.29, 1.82) is 0 Å². The molecule has 1 heterocycles. The molecule has 0 aliphatic rings. The van der Waals surface area contributed by atoms with Gasteiger partial charge in [0.25, 0.3) is 0 Å². The Morgan fingerprint density at radius 2 is 2.06 bits per heavy atom. The van der Waals surface area contributed by atoms with E-state index < -0.39 is 0 Å². The molecule has 1 N–H and O–H groups in total. The summed E-state index contributed by atoms with van der Waals surface area (Å²) in [4.78, 5) is 1.43. The number of aromatic nitrogens is 4. The van der Waals surface area contributed by atoms with Crippen LogP contribution in [-0.2, 0) is 20.0 Å². The maximum Gasteiger partial charge on any atom is 0.188 e. The van der Waals surface area contributed by atoms with Crippen molar-refractivity contribution in [2.24, 2.45) is 7.05 Å². The highest BCUT2D eigenvalue weighted by Crippen LogP contribution is 2.02.